The number of alkyl halides is 1. The first-order valence-corrected chi connectivity index (χ1v) is 7.26. The van der Waals surface area contributed by atoms with Crippen LogP contribution in [0.5, 0.6) is 0 Å². The Morgan fingerprint density at radius 3 is 2.12 bits per heavy atom. The third kappa shape index (κ3) is 5.58. The topological polar surface area (TPSA) is 12.5 Å². The Kier molecular flexibility index (Phi) is 5.30. The average Bonchev–Trinajstić information content (AvgIpc) is 2.10. The summed E-state index contributed by atoms with van der Waals surface area (Å²) in [7, 11) is 0. The zero-order chi connectivity index (χ0) is 13.1. The Labute approximate surface area is 112 Å². The number of hydrogen-bond donors (Lipinski definition) is 0. The zero-order valence-electron chi connectivity index (χ0n) is 12.1. The second kappa shape index (κ2) is 5.90. The van der Waals surface area contributed by atoms with Crippen molar-refractivity contribution in [2.45, 2.75) is 58.7 Å². The van der Waals surface area contributed by atoms with Crippen LogP contribution in [0, 0.1) is 5.92 Å². The van der Waals surface area contributed by atoms with E-state index in [9.17, 15) is 0 Å². The number of morpholine rings is 1. The van der Waals surface area contributed by atoms with Gasteiger partial charge in [0, 0.05) is 19.0 Å². The Morgan fingerprint density at radius 2 is 1.65 bits per heavy atom. The fraction of sp³-hybridized carbons (Fsp3) is 1.00. The van der Waals surface area contributed by atoms with E-state index >= 15 is 0 Å². The molecular weight excluding hydrogens is 234 g/mol. The van der Waals surface area contributed by atoms with Crippen molar-refractivity contribution in [2.24, 2.45) is 5.92 Å². The minimum atomic E-state index is -0.0303. The highest BCUT2D eigenvalue weighted by Crippen LogP contribution is 2.28. The maximum absolute atomic E-state index is 6.08. The molecular formula is C14H28ClNO. The van der Waals surface area contributed by atoms with Crippen LogP contribution in [-0.4, -0.2) is 41.6 Å². The molecule has 0 aliphatic carbocycles. The Balaban J connectivity index is 2.43. The molecule has 17 heavy (non-hydrogen) atoms. The van der Waals surface area contributed by atoms with E-state index in [1.54, 1.807) is 0 Å². The predicted octanol–water partition coefficient (Wildman–Crippen LogP) is 3.53. The lowest BCUT2D eigenvalue weighted by Gasteiger charge is -2.47. The molecule has 2 nitrogen and oxygen atoms in total. The van der Waals surface area contributed by atoms with E-state index in [1.165, 1.54) is 6.42 Å². The van der Waals surface area contributed by atoms with E-state index in [4.69, 9.17) is 16.3 Å². The first kappa shape index (κ1) is 15.3. The van der Waals surface area contributed by atoms with Gasteiger partial charge in [-0.3, -0.25) is 4.90 Å². The molecule has 0 radical (unpaired) electrons. The molecule has 0 aromatic carbocycles. The summed E-state index contributed by atoms with van der Waals surface area (Å²) in [4.78, 5) is 2.54. The molecule has 3 heteroatoms. The van der Waals surface area contributed by atoms with E-state index < -0.39 is 0 Å². The quantitative estimate of drug-likeness (QED) is 0.702. The molecule has 0 aromatic rings. The maximum Gasteiger partial charge on any atom is 0.0760 e. The number of halogens is 1. The summed E-state index contributed by atoms with van der Waals surface area (Å²) in [6.07, 6.45) is 2.36. The Bertz CT molecular complexity index is 224. The lowest BCUT2D eigenvalue weighted by molar-refractivity contribution is -0.180. The van der Waals surface area contributed by atoms with Gasteiger partial charge in [0.2, 0.25) is 0 Å². The van der Waals surface area contributed by atoms with E-state index in [0.717, 1.165) is 37.9 Å². The number of nitrogens with zero attached hydrogens (tertiary/aromatic N) is 1. The van der Waals surface area contributed by atoms with Crippen molar-refractivity contribution in [3.8, 4) is 0 Å². The first-order valence-electron chi connectivity index (χ1n) is 6.73. The standard InChI is InChI=1S/C14H28ClNO/c1-12(6-8-15)7-9-16-10-13(2,3)17-14(4,5)11-16/h12H,6-11H2,1-5H3. The molecule has 0 aromatic heterocycles. The van der Waals surface area contributed by atoms with Crippen LogP contribution < -0.4 is 0 Å². The van der Waals surface area contributed by atoms with Crippen molar-refractivity contribution >= 4 is 11.6 Å². The first-order chi connectivity index (χ1) is 7.74. The summed E-state index contributed by atoms with van der Waals surface area (Å²) in [5, 5.41) is 0. The Hall–Kier alpha value is 0.210. The van der Waals surface area contributed by atoms with Crippen molar-refractivity contribution in [3.63, 3.8) is 0 Å². The van der Waals surface area contributed by atoms with Crippen molar-refractivity contribution in [1.29, 1.82) is 0 Å². The van der Waals surface area contributed by atoms with Crippen molar-refractivity contribution in [2.75, 3.05) is 25.5 Å². The molecule has 1 unspecified atom stereocenters. The SMILES string of the molecule is CC(CCCl)CCN1CC(C)(C)OC(C)(C)C1. The van der Waals surface area contributed by atoms with Crippen molar-refractivity contribution in [3.05, 3.63) is 0 Å². The maximum atomic E-state index is 6.08. The zero-order valence-corrected chi connectivity index (χ0v) is 12.8. The van der Waals surface area contributed by atoms with Crippen LogP contribution in [-0.2, 0) is 4.74 Å². The fourth-order valence-electron chi connectivity index (χ4n) is 2.84. The van der Waals surface area contributed by atoms with Gasteiger partial charge < -0.3 is 4.74 Å². The van der Waals surface area contributed by atoms with Crippen molar-refractivity contribution in [1.82, 2.24) is 4.90 Å². The molecule has 1 saturated heterocycles. The third-order valence-corrected chi connectivity index (χ3v) is 3.52. The van der Waals surface area contributed by atoms with Gasteiger partial charge in [0.15, 0.2) is 0 Å². The highest BCUT2D eigenvalue weighted by Gasteiger charge is 2.37. The normalized spacial score (nSPS) is 25.8. The summed E-state index contributed by atoms with van der Waals surface area (Å²) >= 11 is 5.77. The summed E-state index contributed by atoms with van der Waals surface area (Å²) in [6.45, 7) is 14.2. The molecule has 0 spiro atoms. The lowest BCUT2D eigenvalue weighted by atomic mass is 9.97. The van der Waals surface area contributed by atoms with Crippen LogP contribution in [0.3, 0.4) is 0 Å². The second-order valence-corrected chi connectivity index (χ2v) is 7.08. The largest absolute Gasteiger partial charge is 0.367 e. The van der Waals surface area contributed by atoms with Crippen LogP contribution in [0.4, 0.5) is 0 Å². The summed E-state index contributed by atoms with van der Waals surface area (Å²) in [5.41, 5.74) is -0.0606. The van der Waals surface area contributed by atoms with Gasteiger partial charge in [-0.15, -0.1) is 11.6 Å². The van der Waals surface area contributed by atoms with Crippen molar-refractivity contribution < 1.29 is 4.74 Å². The van der Waals surface area contributed by atoms with Gasteiger partial charge in [-0.2, -0.15) is 0 Å². The highest BCUT2D eigenvalue weighted by atomic mass is 35.5. The predicted molar refractivity (Wildman–Crippen MR) is 74.8 cm³/mol. The summed E-state index contributed by atoms with van der Waals surface area (Å²) in [5.74, 6) is 1.50. The van der Waals surface area contributed by atoms with E-state index in [1.807, 2.05) is 0 Å². The fourth-order valence-corrected chi connectivity index (χ4v) is 3.21. The molecule has 0 N–H and O–H groups in total. The third-order valence-electron chi connectivity index (χ3n) is 3.30. The van der Waals surface area contributed by atoms with Gasteiger partial charge in [0.05, 0.1) is 11.2 Å². The molecule has 1 atom stereocenters. The summed E-state index contributed by atoms with van der Waals surface area (Å²) < 4.78 is 6.08. The molecule has 1 aliphatic rings. The molecule has 0 saturated carbocycles. The van der Waals surface area contributed by atoms with Gasteiger partial charge in [0.1, 0.15) is 0 Å². The number of hydrogen-bond acceptors (Lipinski definition) is 2. The second-order valence-electron chi connectivity index (χ2n) is 6.70. The minimum Gasteiger partial charge on any atom is -0.367 e. The molecule has 1 fully saturated rings. The molecule has 0 amide bonds. The van der Waals surface area contributed by atoms with Crippen LogP contribution in [0.2, 0.25) is 0 Å². The van der Waals surface area contributed by atoms with E-state index in [0.29, 0.717) is 0 Å². The average molecular weight is 262 g/mol. The van der Waals surface area contributed by atoms with Gasteiger partial charge >= 0.3 is 0 Å². The Morgan fingerprint density at radius 1 is 1.12 bits per heavy atom. The highest BCUT2D eigenvalue weighted by molar-refractivity contribution is 6.17. The molecule has 102 valence electrons. The molecule has 0 bridgehead atoms. The van der Waals surface area contributed by atoms with Gasteiger partial charge in [-0.05, 0) is 53.0 Å². The molecule has 1 aliphatic heterocycles. The van der Waals surface area contributed by atoms with Crippen LogP contribution in [0.25, 0.3) is 0 Å². The monoisotopic (exact) mass is 261 g/mol. The van der Waals surface area contributed by atoms with E-state index in [2.05, 4.69) is 39.5 Å². The van der Waals surface area contributed by atoms with Gasteiger partial charge in [-0.1, -0.05) is 6.92 Å². The van der Waals surface area contributed by atoms with E-state index in [-0.39, 0.29) is 11.2 Å². The molecule has 1 rings (SSSR count). The lowest BCUT2D eigenvalue weighted by Crippen LogP contribution is -2.57. The molecule has 1 heterocycles. The van der Waals surface area contributed by atoms with Crippen LogP contribution in [0.15, 0.2) is 0 Å². The number of ether oxygens (including phenoxy) is 1. The minimum absolute atomic E-state index is 0.0303. The summed E-state index contributed by atoms with van der Waals surface area (Å²) in [6, 6.07) is 0. The number of rotatable bonds is 5. The van der Waals surface area contributed by atoms with Crippen LogP contribution in [0.1, 0.15) is 47.5 Å². The van der Waals surface area contributed by atoms with Gasteiger partial charge in [-0.25, -0.2) is 0 Å². The smallest absolute Gasteiger partial charge is 0.0760 e. The van der Waals surface area contributed by atoms with Gasteiger partial charge in [0.25, 0.3) is 0 Å². The van der Waals surface area contributed by atoms with Crippen LogP contribution >= 0.6 is 11.6 Å².